The number of hydrogen-bond acceptors (Lipinski definition) is 5. The molecule has 0 unspecified atom stereocenters. The van der Waals surface area contributed by atoms with Gasteiger partial charge in [-0.05, 0) is 26.3 Å². The number of carbonyl (C=O) groups is 3. The molecule has 4 rings (SSSR count). The molecule has 0 spiro atoms. The number of fused-ring (bicyclic) bond motifs is 5. The molecule has 148 valence electrons. The number of imide groups is 1. The number of likely N-dealkylation sites (tertiary alicyclic amines) is 1. The van der Waals surface area contributed by atoms with E-state index in [0.29, 0.717) is 0 Å². The highest BCUT2D eigenvalue weighted by Gasteiger charge is 2.67. The molecule has 3 heterocycles. The first-order chi connectivity index (χ1) is 13.2. The lowest BCUT2D eigenvalue weighted by Gasteiger charge is -2.29. The van der Waals surface area contributed by atoms with Crippen LogP contribution in [0.1, 0.15) is 26.3 Å². The number of rotatable bonds is 4. The van der Waals surface area contributed by atoms with Crippen LogP contribution >= 0.6 is 0 Å². The number of ether oxygens (including phenoxy) is 2. The fraction of sp³-hybridized carbons (Fsp3) is 0.476. The van der Waals surface area contributed by atoms with Crippen molar-refractivity contribution < 1.29 is 23.9 Å². The van der Waals surface area contributed by atoms with Crippen molar-refractivity contribution in [2.24, 2.45) is 11.8 Å². The predicted octanol–water partition coefficient (Wildman–Crippen LogP) is 2.02. The van der Waals surface area contributed by atoms with Gasteiger partial charge in [0.15, 0.2) is 0 Å². The van der Waals surface area contributed by atoms with E-state index in [0.717, 1.165) is 5.56 Å². The van der Waals surface area contributed by atoms with Crippen LogP contribution in [0.15, 0.2) is 42.5 Å². The maximum Gasteiger partial charge on any atom is 0.407 e. The third kappa shape index (κ3) is 3.09. The Morgan fingerprint density at radius 3 is 2.61 bits per heavy atom. The van der Waals surface area contributed by atoms with Gasteiger partial charge >= 0.3 is 6.09 Å². The summed E-state index contributed by atoms with van der Waals surface area (Å²) >= 11 is 0. The van der Waals surface area contributed by atoms with E-state index in [1.54, 1.807) is 26.8 Å². The number of hydrogen-bond donors (Lipinski definition) is 1. The van der Waals surface area contributed by atoms with Crippen molar-refractivity contribution in [2.45, 2.75) is 44.6 Å². The van der Waals surface area contributed by atoms with Crippen LogP contribution in [0, 0.1) is 11.8 Å². The molecule has 2 fully saturated rings. The summed E-state index contributed by atoms with van der Waals surface area (Å²) in [5.74, 6) is -1.64. The summed E-state index contributed by atoms with van der Waals surface area (Å²) in [6, 6.07) is 9.42. The molecule has 2 saturated heterocycles. The van der Waals surface area contributed by atoms with Crippen molar-refractivity contribution in [1.29, 1.82) is 0 Å². The molecule has 0 radical (unpaired) electrons. The van der Waals surface area contributed by atoms with Crippen molar-refractivity contribution in [3.63, 3.8) is 0 Å². The molecular weight excluding hydrogens is 360 g/mol. The smallest absolute Gasteiger partial charge is 0.407 e. The van der Waals surface area contributed by atoms with Crippen LogP contribution < -0.4 is 5.32 Å². The quantitative estimate of drug-likeness (QED) is 0.634. The van der Waals surface area contributed by atoms with Gasteiger partial charge in [0, 0.05) is 0 Å². The van der Waals surface area contributed by atoms with E-state index in [-0.39, 0.29) is 24.9 Å². The van der Waals surface area contributed by atoms with Gasteiger partial charge in [0.2, 0.25) is 11.8 Å². The molecule has 0 saturated carbocycles. The first kappa shape index (κ1) is 18.7. The fourth-order valence-electron chi connectivity index (χ4n) is 4.21. The van der Waals surface area contributed by atoms with E-state index < -0.39 is 35.2 Å². The highest BCUT2D eigenvalue weighted by molar-refractivity contribution is 6.07. The third-order valence-electron chi connectivity index (χ3n) is 5.34. The summed E-state index contributed by atoms with van der Waals surface area (Å²) in [6.45, 7) is 5.65. The molecule has 4 atom stereocenters. The summed E-state index contributed by atoms with van der Waals surface area (Å²) in [5.41, 5.74) is -0.739. The second-order valence-corrected chi connectivity index (χ2v) is 8.50. The number of nitrogens with one attached hydrogen (secondary N) is 1. The summed E-state index contributed by atoms with van der Waals surface area (Å²) in [4.78, 5) is 39.4. The summed E-state index contributed by atoms with van der Waals surface area (Å²) < 4.78 is 11.3. The molecule has 0 aliphatic carbocycles. The first-order valence-electron chi connectivity index (χ1n) is 9.43. The van der Waals surface area contributed by atoms with Gasteiger partial charge in [0.05, 0.1) is 31.0 Å². The topological polar surface area (TPSA) is 84.9 Å². The minimum atomic E-state index is -1.01. The number of amides is 3. The molecule has 7 nitrogen and oxygen atoms in total. The number of benzene rings is 1. The molecule has 1 aromatic rings. The Hall–Kier alpha value is -2.67. The Morgan fingerprint density at radius 2 is 1.93 bits per heavy atom. The van der Waals surface area contributed by atoms with Gasteiger partial charge < -0.3 is 14.8 Å². The van der Waals surface area contributed by atoms with Crippen molar-refractivity contribution in [3.05, 3.63) is 48.0 Å². The molecule has 7 heteroatoms. The average Bonchev–Trinajstić information content (AvgIpc) is 3.26. The van der Waals surface area contributed by atoms with Crippen LogP contribution in [0.25, 0.3) is 0 Å². The monoisotopic (exact) mass is 384 g/mol. The minimum Gasteiger partial charge on any atom is -0.444 e. The molecular formula is C21H24N2O5. The number of nitrogens with zero attached hydrogens (tertiary/aromatic N) is 1. The number of carbonyl (C=O) groups excluding carboxylic acids is 3. The Balaban J connectivity index is 1.51. The Kier molecular flexibility index (Phi) is 4.30. The van der Waals surface area contributed by atoms with E-state index >= 15 is 0 Å². The lowest BCUT2D eigenvalue weighted by Crippen LogP contribution is -2.49. The maximum absolute atomic E-state index is 13.1. The van der Waals surface area contributed by atoms with Crippen molar-refractivity contribution in [2.75, 3.05) is 6.54 Å². The van der Waals surface area contributed by atoms with Crippen LogP contribution in [-0.2, 0) is 25.6 Å². The third-order valence-corrected chi connectivity index (χ3v) is 5.34. The molecule has 1 N–H and O–H groups in total. The standard InChI is InChI=1S/C21H24N2O5/c1-20(2,3)28-19(26)22-12-21-10-9-14(27-21)15-16(21)18(25)23(17(15)24)11-13-7-5-4-6-8-13/h4-10,14-16H,11-12H2,1-3H3,(H,22,26)/t14-,15-,16+,21-/m1/s1. The second kappa shape index (κ2) is 6.44. The van der Waals surface area contributed by atoms with E-state index in [4.69, 9.17) is 9.47 Å². The SMILES string of the molecule is CC(C)(C)OC(=O)NC[C@@]12C=C[C@@H](O1)[C@H]1C(=O)N(Cc3ccccc3)C(=O)[C@H]12. The zero-order chi connectivity index (χ0) is 20.1. The normalized spacial score (nSPS) is 30.7. The molecule has 3 amide bonds. The van der Waals surface area contributed by atoms with Crippen LogP contribution in [-0.4, -0.2) is 46.7 Å². The fourth-order valence-corrected chi connectivity index (χ4v) is 4.21. The lowest BCUT2D eigenvalue weighted by atomic mass is 9.77. The highest BCUT2D eigenvalue weighted by Crippen LogP contribution is 2.51. The Bertz CT molecular complexity index is 844. The van der Waals surface area contributed by atoms with E-state index in [2.05, 4.69) is 5.32 Å². The van der Waals surface area contributed by atoms with Gasteiger partial charge in [-0.15, -0.1) is 0 Å². The predicted molar refractivity (Wildman–Crippen MR) is 100.0 cm³/mol. The zero-order valence-electron chi connectivity index (χ0n) is 16.2. The van der Waals surface area contributed by atoms with E-state index in [1.165, 1.54) is 4.90 Å². The molecule has 3 aliphatic heterocycles. The molecule has 28 heavy (non-hydrogen) atoms. The average molecular weight is 384 g/mol. The second-order valence-electron chi connectivity index (χ2n) is 8.50. The molecule has 3 aliphatic rings. The van der Waals surface area contributed by atoms with E-state index in [9.17, 15) is 14.4 Å². The van der Waals surface area contributed by atoms with Crippen LogP contribution in [0.2, 0.25) is 0 Å². The van der Waals surface area contributed by atoms with Gasteiger partial charge in [-0.3, -0.25) is 14.5 Å². The van der Waals surface area contributed by atoms with Gasteiger partial charge in [-0.25, -0.2) is 4.79 Å². The zero-order valence-corrected chi connectivity index (χ0v) is 16.2. The summed E-state index contributed by atoms with van der Waals surface area (Å²) in [5, 5.41) is 2.69. The first-order valence-corrected chi connectivity index (χ1v) is 9.43. The number of alkyl carbamates (subject to hydrolysis) is 1. The van der Waals surface area contributed by atoms with Gasteiger partial charge in [0.1, 0.15) is 11.2 Å². The van der Waals surface area contributed by atoms with E-state index in [1.807, 2.05) is 36.4 Å². The molecule has 1 aromatic carbocycles. The molecule has 2 bridgehead atoms. The highest BCUT2D eigenvalue weighted by atomic mass is 16.6. The van der Waals surface area contributed by atoms with Crippen LogP contribution in [0.4, 0.5) is 4.79 Å². The lowest BCUT2D eigenvalue weighted by molar-refractivity contribution is -0.144. The minimum absolute atomic E-state index is 0.0777. The van der Waals surface area contributed by atoms with Crippen molar-refractivity contribution in [1.82, 2.24) is 10.2 Å². The van der Waals surface area contributed by atoms with Gasteiger partial charge in [0.25, 0.3) is 0 Å². The largest absolute Gasteiger partial charge is 0.444 e. The van der Waals surface area contributed by atoms with Gasteiger partial charge in [-0.2, -0.15) is 0 Å². The van der Waals surface area contributed by atoms with Gasteiger partial charge in [-0.1, -0.05) is 42.5 Å². The Morgan fingerprint density at radius 1 is 1.21 bits per heavy atom. The summed E-state index contributed by atoms with van der Waals surface area (Å²) in [6.07, 6.45) is 2.59. The maximum atomic E-state index is 13.1. The van der Waals surface area contributed by atoms with Crippen molar-refractivity contribution in [3.8, 4) is 0 Å². The van der Waals surface area contributed by atoms with Crippen LogP contribution in [0.3, 0.4) is 0 Å². The van der Waals surface area contributed by atoms with Crippen molar-refractivity contribution >= 4 is 17.9 Å². The Labute approximate surface area is 163 Å². The van der Waals surface area contributed by atoms with Crippen LogP contribution in [0.5, 0.6) is 0 Å². The summed E-state index contributed by atoms with van der Waals surface area (Å²) in [7, 11) is 0. The molecule has 0 aromatic heterocycles.